The number of fused-ring (bicyclic) bond motifs is 1. The Morgan fingerprint density at radius 2 is 1.93 bits per heavy atom. The van der Waals surface area contributed by atoms with Gasteiger partial charge in [0.25, 0.3) is 5.91 Å². The largest absolute Gasteiger partial charge is 0.496 e. The lowest BCUT2D eigenvalue weighted by atomic mass is 10.00. The van der Waals surface area contributed by atoms with E-state index in [2.05, 4.69) is 22.4 Å². The number of nitrogens with zero attached hydrogens (tertiary/aromatic N) is 6. The molecule has 11 nitrogen and oxygen atoms in total. The number of ether oxygens (including phenoxy) is 2. The molecule has 1 fully saturated rings. The molecule has 6 rings (SSSR count). The Bertz CT molecular complexity index is 1880. The molecule has 240 valence electrons. The molecule has 0 bridgehead atoms. The van der Waals surface area contributed by atoms with Gasteiger partial charge in [-0.25, -0.2) is 9.97 Å². The topological polar surface area (TPSA) is 119 Å². The lowest BCUT2D eigenvalue weighted by Crippen LogP contribution is -2.40. The van der Waals surface area contributed by atoms with Crippen molar-refractivity contribution in [3.05, 3.63) is 83.4 Å². The molecule has 5 aromatic rings. The third kappa shape index (κ3) is 6.08. The average molecular weight is 624 g/mol. The molecule has 0 unspecified atom stereocenters. The van der Waals surface area contributed by atoms with Gasteiger partial charge in [0.1, 0.15) is 23.0 Å². The summed E-state index contributed by atoms with van der Waals surface area (Å²) >= 11 is 0. The summed E-state index contributed by atoms with van der Waals surface area (Å²) < 4.78 is 14.9. The maximum absolute atomic E-state index is 13.8. The van der Waals surface area contributed by atoms with Crippen LogP contribution >= 0.6 is 0 Å². The summed E-state index contributed by atoms with van der Waals surface area (Å²) in [5, 5.41) is 19.5. The van der Waals surface area contributed by atoms with E-state index >= 15 is 0 Å². The first-order valence-electron chi connectivity index (χ1n) is 15.5. The summed E-state index contributed by atoms with van der Waals surface area (Å²) in [4.78, 5) is 25.0. The first-order chi connectivity index (χ1) is 22.0. The molecule has 0 spiro atoms. The molecule has 2 N–H and O–H groups in total. The highest BCUT2D eigenvalue weighted by molar-refractivity contribution is 5.99. The van der Waals surface area contributed by atoms with Gasteiger partial charge in [-0.15, -0.1) is 0 Å². The van der Waals surface area contributed by atoms with Crippen LogP contribution in [0.1, 0.15) is 54.0 Å². The molecule has 0 radical (unpaired) electrons. The van der Waals surface area contributed by atoms with E-state index in [1.807, 2.05) is 68.2 Å². The van der Waals surface area contributed by atoms with Crippen molar-refractivity contribution in [2.24, 2.45) is 7.05 Å². The highest BCUT2D eigenvalue weighted by Gasteiger charge is 2.28. The third-order valence-electron chi connectivity index (χ3n) is 8.65. The summed E-state index contributed by atoms with van der Waals surface area (Å²) in [6.07, 6.45) is 5.31. The Morgan fingerprint density at radius 3 is 2.63 bits per heavy atom. The minimum atomic E-state index is -1.21. The molecule has 1 aliphatic rings. The number of anilines is 1. The molecule has 0 saturated carbocycles. The maximum Gasteiger partial charge on any atom is 0.257 e. The number of amides is 1. The van der Waals surface area contributed by atoms with Crippen LogP contribution < -0.4 is 10.1 Å². The van der Waals surface area contributed by atoms with Crippen LogP contribution in [0, 0.1) is 6.92 Å². The zero-order valence-electron chi connectivity index (χ0n) is 27.2. The maximum atomic E-state index is 13.8. The van der Waals surface area contributed by atoms with Gasteiger partial charge in [0, 0.05) is 69.5 Å². The predicted molar refractivity (Wildman–Crippen MR) is 177 cm³/mol. The number of benzene rings is 2. The predicted octanol–water partition coefficient (Wildman–Crippen LogP) is 5.20. The second-order valence-electron chi connectivity index (χ2n) is 12.4. The Kier molecular flexibility index (Phi) is 8.54. The van der Waals surface area contributed by atoms with E-state index in [9.17, 15) is 9.90 Å². The van der Waals surface area contributed by atoms with Crippen molar-refractivity contribution < 1.29 is 19.4 Å². The van der Waals surface area contributed by atoms with Crippen molar-refractivity contribution in [3.8, 4) is 28.3 Å². The Balaban J connectivity index is 1.39. The van der Waals surface area contributed by atoms with Crippen molar-refractivity contribution in [1.29, 1.82) is 0 Å². The molecular formula is C35H41N7O4. The van der Waals surface area contributed by atoms with Gasteiger partial charge < -0.3 is 29.4 Å². The number of hydrogen-bond donors (Lipinski definition) is 2. The van der Waals surface area contributed by atoms with Crippen LogP contribution in [-0.4, -0.2) is 73.5 Å². The molecule has 11 heteroatoms. The van der Waals surface area contributed by atoms with Crippen LogP contribution in [0.15, 0.2) is 60.9 Å². The lowest BCUT2D eigenvalue weighted by Gasteiger charge is -2.31. The van der Waals surface area contributed by atoms with E-state index in [1.165, 1.54) is 0 Å². The van der Waals surface area contributed by atoms with Gasteiger partial charge >= 0.3 is 0 Å². The van der Waals surface area contributed by atoms with Crippen molar-refractivity contribution in [2.75, 3.05) is 32.7 Å². The van der Waals surface area contributed by atoms with Crippen LogP contribution in [0.3, 0.4) is 0 Å². The monoisotopic (exact) mass is 623 g/mol. The number of aryl methyl sites for hydroxylation is 2. The number of carbonyl (C=O) groups excluding carboxylic acids is 1. The molecule has 2 aromatic carbocycles. The van der Waals surface area contributed by atoms with Crippen LogP contribution in [-0.2, 0) is 23.9 Å². The van der Waals surface area contributed by atoms with Crippen molar-refractivity contribution in [1.82, 2.24) is 29.0 Å². The standard InChI is InChI=1S/C35H41N7O4/c1-22-31(24-10-11-28(45-6)27(19-24)34(43)41(5)26-12-16-46-17-13-26)33-38-29(35(2,3)44)20-30(42(33)39-22)37-21-23-8-7-9-25(18-23)32-36-14-15-40(32)4/h7-11,14-15,18-20,26,37,44H,12-13,16-17,21H2,1-6H3. The zero-order chi connectivity index (χ0) is 32.6. The van der Waals surface area contributed by atoms with Crippen LogP contribution in [0.4, 0.5) is 5.82 Å². The first-order valence-corrected chi connectivity index (χ1v) is 15.5. The number of imidazole rings is 1. The second kappa shape index (κ2) is 12.6. The first kappa shape index (κ1) is 31.3. The van der Waals surface area contributed by atoms with Gasteiger partial charge in [-0.05, 0) is 62.9 Å². The second-order valence-corrected chi connectivity index (χ2v) is 12.4. The number of aromatic nitrogens is 5. The minimum Gasteiger partial charge on any atom is -0.496 e. The number of rotatable bonds is 9. The van der Waals surface area contributed by atoms with E-state index in [0.29, 0.717) is 48.2 Å². The van der Waals surface area contributed by atoms with Crippen molar-refractivity contribution in [3.63, 3.8) is 0 Å². The molecule has 4 heterocycles. The SMILES string of the molecule is COc1ccc(-c2c(C)nn3c(NCc4cccc(-c5nccn5C)c4)cc(C(C)(C)O)nc23)cc1C(=O)N(C)C1CCOCC1. The number of methoxy groups -OCH3 is 1. The summed E-state index contributed by atoms with van der Waals surface area (Å²) in [6.45, 7) is 7.14. The summed E-state index contributed by atoms with van der Waals surface area (Å²) in [6, 6.07) is 15.7. The quantitative estimate of drug-likeness (QED) is 0.230. The summed E-state index contributed by atoms with van der Waals surface area (Å²) in [5.41, 5.74) is 4.71. The van der Waals surface area contributed by atoms with Gasteiger partial charge in [-0.1, -0.05) is 24.3 Å². The van der Waals surface area contributed by atoms with Crippen LogP contribution in [0.2, 0.25) is 0 Å². The van der Waals surface area contributed by atoms with Crippen LogP contribution in [0.5, 0.6) is 5.75 Å². The van der Waals surface area contributed by atoms with Gasteiger partial charge in [-0.2, -0.15) is 9.61 Å². The van der Waals surface area contributed by atoms with Gasteiger partial charge in [-0.3, -0.25) is 4.79 Å². The molecule has 0 atom stereocenters. The fourth-order valence-corrected chi connectivity index (χ4v) is 6.02. The fraction of sp³-hybridized carbons (Fsp3) is 0.371. The fourth-order valence-electron chi connectivity index (χ4n) is 6.02. The molecule has 3 aromatic heterocycles. The molecule has 1 saturated heterocycles. The van der Waals surface area contributed by atoms with Crippen molar-refractivity contribution >= 4 is 17.4 Å². The number of nitrogens with one attached hydrogen (secondary N) is 1. The van der Waals surface area contributed by atoms with Gasteiger partial charge in [0.05, 0.1) is 24.1 Å². The van der Waals surface area contributed by atoms with E-state index in [1.54, 1.807) is 36.6 Å². The Hall–Kier alpha value is -4.74. The van der Waals surface area contributed by atoms with Crippen molar-refractivity contribution in [2.45, 2.75) is 51.8 Å². The molecular weight excluding hydrogens is 582 g/mol. The molecule has 46 heavy (non-hydrogen) atoms. The Labute approximate surface area is 268 Å². The summed E-state index contributed by atoms with van der Waals surface area (Å²) in [5.74, 6) is 1.96. The highest BCUT2D eigenvalue weighted by Crippen LogP contribution is 2.35. The zero-order valence-corrected chi connectivity index (χ0v) is 27.2. The molecule has 1 amide bonds. The number of carbonyl (C=O) groups is 1. The minimum absolute atomic E-state index is 0.0994. The van der Waals surface area contributed by atoms with Gasteiger partial charge in [0.15, 0.2) is 5.65 Å². The van der Waals surface area contributed by atoms with E-state index in [-0.39, 0.29) is 11.9 Å². The Morgan fingerprint density at radius 1 is 1.15 bits per heavy atom. The molecule has 1 aliphatic heterocycles. The highest BCUT2D eigenvalue weighted by atomic mass is 16.5. The van der Waals surface area contributed by atoms with E-state index in [4.69, 9.17) is 19.6 Å². The number of aliphatic hydroxyl groups is 1. The third-order valence-corrected chi connectivity index (χ3v) is 8.65. The normalized spacial score (nSPS) is 14.1. The van der Waals surface area contributed by atoms with E-state index < -0.39 is 5.60 Å². The van der Waals surface area contributed by atoms with Crippen LogP contribution in [0.25, 0.3) is 28.2 Å². The van der Waals surface area contributed by atoms with Gasteiger partial charge in [0.2, 0.25) is 0 Å². The lowest BCUT2D eigenvalue weighted by molar-refractivity contribution is 0.0360. The molecule has 0 aliphatic carbocycles. The van der Waals surface area contributed by atoms with E-state index in [0.717, 1.165) is 46.6 Å². The average Bonchev–Trinajstić information content (AvgIpc) is 3.64. The number of hydrogen-bond acceptors (Lipinski definition) is 8. The smallest absolute Gasteiger partial charge is 0.257 e. The summed E-state index contributed by atoms with van der Waals surface area (Å²) in [7, 11) is 5.39.